The highest BCUT2D eigenvalue weighted by Crippen LogP contribution is 2.21. The zero-order valence-corrected chi connectivity index (χ0v) is 8.31. The SMILES string of the molecule is OC1(Cc2ccc(Cl)cc2F)CNC1. The molecule has 2 nitrogen and oxygen atoms in total. The summed E-state index contributed by atoms with van der Waals surface area (Å²) in [6, 6.07) is 4.52. The number of hydrogen-bond donors (Lipinski definition) is 2. The van der Waals surface area contributed by atoms with E-state index in [0.717, 1.165) is 0 Å². The maximum absolute atomic E-state index is 13.3. The monoisotopic (exact) mass is 215 g/mol. The highest BCUT2D eigenvalue weighted by molar-refractivity contribution is 6.30. The van der Waals surface area contributed by atoms with E-state index in [1.165, 1.54) is 6.07 Å². The van der Waals surface area contributed by atoms with Gasteiger partial charge >= 0.3 is 0 Å². The van der Waals surface area contributed by atoms with Gasteiger partial charge in [0.2, 0.25) is 0 Å². The van der Waals surface area contributed by atoms with Gasteiger partial charge in [0.15, 0.2) is 0 Å². The second-order valence-electron chi connectivity index (χ2n) is 3.74. The van der Waals surface area contributed by atoms with Crippen LogP contribution in [0.5, 0.6) is 0 Å². The van der Waals surface area contributed by atoms with Gasteiger partial charge in [0.25, 0.3) is 0 Å². The minimum Gasteiger partial charge on any atom is -0.387 e. The van der Waals surface area contributed by atoms with Crippen molar-refractivity contribution >= 4 is 11.6 Å². The Balaban J connectivity index is 2.16. The molecule has 1 aliphatic heterocycles. The van der Waals surface area contributed by atoms with Crippen LogP contribution >= 0.6 is 11.6 Å². The first kappa shape index (κ1) is 9.90. The lowest BCUT2D eigenvalue weighted by atomic mass is 9.89. The van der Waals surface area contributed by atoms with Crippen LogP contribution in [0.2, 0.25) is 5.02 Å². The number of rotatable bonds is 2. The van der Waals surface area contributed by atoms with Crippen LogP contribution in [0.4, 0.5) is 4.39 Å². The van der Waals surface area contributed by atoms with E-state index >= 15 is 0 Å². The van der Waals surface area contributed by atoms with Crippen molar-refractivity contribution in [3.05, 3.63) is 34.6 Å². The number of aliphatic hydroxyl groups is 1. The van der Waals surface area contributed by atoms with Crippen LogP contribution in [-0.4, -0.2) is 23.8 Å². The summed E-state index contributed by atoms with van der Waals surface area (Å²) >= 11 is 5.62. The van der Waals surface area contributed by atoms with E-state index in [1.807, 2.05) is 0 Å². The second-order valence-corrected chi connectivity index (χ2v) is 4.18. The van der Waals surface area contributed by atoms with E-state index in [9.17, 15) is 9.50 Å². The number of β-amino-alcohol motifs (C(OH)–C–C–N with tert-alkyl or cyclic N) is 1. The molecule has 2 N–H and O–H groups in total. The molecule has 0 aromatic heterocycles. The quantitative estimate of drug-likeness (QED) is 0.781. The molecule has 2 rings (SSSR count). The third-order valence-corrected chi connectivity index (χ3v) is 2.68. The number of halogens is 2. The van der Waals surface area contributed by atoms with E-state index in [2.05, 4.69) is 5.32 Å². The summed E-state index contributed by atoms with van der Waals surface area (Å²) in [5.74, 6) is -0.349. The minimum atomic E-state index is -0.783. The van der Waals surface area contributed by atoms with E-state index < -0.39 is 5.60 Å². The molecular weight excluding hydrogens is 205 g/mol. The highest BCUT2D eigenvalue weighted by Gasteiger charge is 2.34. The Kier molecular flexibility index (Phi) is 2.47. The first-order chi connectivity index (χ1) is 6.59. The molecule has 1 fully saturated rings. The number of hydrogen-bond acceptors (Lipinski definition) is 2. The maximum atomic E-state index is 13.3. The van der Waals surface area contributed by atoms with Crippen LogP contribution in [-0.2, 0) is 6.42 Å². The van der Waals surface area contributed by atoms with Gasteiger partial charge in [-0.3, -0.25) is 0 Å². The molecule has 1 aromatic rings. The lowest BCUT2D eigenvalue weighted by molar-refractivity contribution is -0.00967. The van der Waals surface area contributed by atoms with Crippen molar-refractivity contribution in [2.45, 2.75) is 12.0 Å². The van der Waals surface area contributed by atoms with Crippen molar-refractivity contribution < 1.29 is 9.50 Å². The van der Waals surface area contributed by atoms with Gasteiger partial charge in [0, 0.05) is 24.5 Å². The van der Waals surface area contributed by atoms with Crippen LogP contribution in [0, 0.1) is 5.82 Å². The van der Waals surface area contributed by atoms with E-state index in [4.69, 9.17) is 11.6 Å². The maximum Gasteiger partial charge on any atom is 0.127 e. The molecule has 0 amide bonds. The molecule has 0 spiro atoms. The molecule has 1 heterocycles. The fraction of sp³-hybridized carbons (Fsp3) is 0.400. The van der Waals surface area contributed by atoms with E-state index in [0.29, 0.717) is 30.1 Å². The van der Waals surface area contributed by atoms with Crippen molar-refractivity contribution in [2.75, 3.05) is 13.1 Å². The van der Waals surface area contributed by atoms with Gasteiger partial charge in [-0.25, -0.2) is 4.39 Å². The predicted molar refractivity (Wildman–Crippen MR) is 52.9 cm³/mol. The van der Waals surface area contributed by atoms with Gasteiger partial charge in [-0.2, -0.15) is 0 Å². The van der Waals surface area contributed by atoms with Crippen molar-refractivity contribution in [3.8, 4) is 0 Å². The van der Waals surface area contributed by atoms with Gasteiger partial charge < -0.3 is 10.4 Å². The van der Waals surface area contributed by atoms with E-state index in [-0.39, 0.29) is 5.82 Å². The Morgan fingerprint density at radius 3 is 2.71 bits per heavy atom. The zero-order valence-electron chi connectivity index (χ0n) is 7.56. The summed E-state index contributed by atoms with van der Waals surface area (Å²) in [7, 11) is 0. The molecule has 0 unspecified atom stereocenters. The highest BCUT2D eigenvalue weighted by atomic mass is 35.5. The second kappa shape index (κ2) is 3.50. The summed E-state index contributed by atoms with van der Waals surface area (Å²) in [6.45, 7) is 1.05. The molecular formula is C10H11ClFNO. The van der Waals surface area contributed by atoms with Crippen molar-refractivity contribution in [2.24, 2.45) is 0 Å². The van der Waals surface area contributed by atoms with Crippen LogP contribution in [0.3, 0.4) is 0 Å². The first-order valence-electron chi connectivity index (χ1n) is 4.46. The summed E-state index contributed by atoms with van der Waals surface area (Å²) in [5, 5.41) is 13.1. The van der Waals surface area contributed by atoms with Crippen LogP contribution in [0.15, 0.2) is 18.2 Å². The Bertz CT molecular complexity index is 352. The molecule has 4 heteroatoms. The third-order valence-electron chi connectivity index (χ3n) is 2.44. The average molecular weight is 216 g/mol. The molecule has 14 heavy (non-hydrogen) atoms. The Labute approximate surface area is 86.7 Å². The standard InChI is InChI=1S/C10H11ClFNO/c11-8-2-1-7(9(12)3-8)4-10(14)5-13-6-10/h1-3,13-14H,4-6H2. The molecule has 0 atom stereocenters. The van der Waals surface area contributed by atoms with Crippen LogP contribution in [0.25, 0.3) is 0 Å². The lowest BCUT2D eigenvalue weighted by Crippen LogP contribution is -2.60. The lowest BCUT2D eigenvalue weighted by Gasteiger charge is -2.37. The molecule has 0 saturated carbocycles. The fourth-order valence-electron chi connectivity index (χ4n) is 1.56. The Morgan fingerprint density at radius 1 is 1.50 bits per heavy atom. The molecule has 76 valence electrons. The number of benzene rings is 1. The fourth-order valence-corrected chi connectivity index (χ4v) is 1.72. The summed E-state index contributed by atoms with van der Waals surface area (Å²) < 4.78 is 13.3. The first-order valence-corrected chi connectivity index (χ1v) is 4.84. The van der Waals surface area contributed by atoms with Gasteiger partial charge in [-0.05, 0) is 17.7 Å². The normalized spacial score (nSPS) is 19.1. The van der Waals surface area contributed by atoms with Gasteiger partial charge in [-0.15, -0.1) is 0 Å². The topological polar surface area (TPSA) is 32.3 Å². The molecule has 1 aliphatic rings. The molecule has 0 bridgehead atoms. The van der Waals surface area contributed by atoms with Gasteiger partial charge in [-0.1, -0.05) is 17.7 Å². The van der Waals surface area contributed by atoms with Crippen molar-refractivity contribution in [1.29, 1.82) is 0 Å². The molecule has 1 aromatic carbocycles. The third kappa shape index (κ3) is 1.90. The summed E-state index contributed by atoms with van der Waals surface area (Å²) in [5.41, 5.74) is -0.271. The van der Waals surface area contributed by atoms with Crippen molar-refractivity contribution in [1.82, 2.24) is 5.32 Å². The van der Waals surface area contributed by atoms with Gasteiger partial charge in [0.1, 0.15) is 5.82 Å². The predicted octanol–water partition coefficient (Wildman–Crippen LogP) is 1.36. The summed E-state index contributed by atoms with van der Waals surface area (Å²) in [6.07, 6.45) is 0.336. The zero-order chi connectivity index (χ0) is 10.2. The molecule has 0 aliphatic carbocycles. The van der Waals surface area contributed by atoms with Gasteiger partial charge in [0.05, 0.1) is 5.60 Å². The van der Waals surface area contributed by atoms with Crippen LogP contribution in [0.1, 0.15) is 5.56 Å². The summed E-state index contributed by atoms with van der Waals surface area (Å²) in [4.78, 5) is 0. The smallest absolute Gasteiger partial charge is 0.127 e. The Hall–Kier alpha value is -0.640. The number of nitrogens with one attached hydrogen (secondary N) is 1. The molecule has 1 saturated heterocycles. The largest absolute Gasteiger partial charge is 0.387 e. The van der Waals surface area contributed by atoms with E-state index in [1.54, 1.807) is 12.1 Å². The van der Waals surface area contributed by atoms with Crippen LogP contribution < -0.4 is 5.32 Å². The minimum absolute atomic E-state index is 0.336. The molecule has 0 radical (unpaired) electrons. The average Bonchev–Trinajstić information content (AvgIpc) is 2.07. The van der Waals surface area contributed by atoms with Crippen molar-refractivity contribution in [3.63, 3.8) is 0 Å². The Morgan fingerprint density at radius 2 is 2.21 bits per heavy atom.